The lowest BCUT2D eigenvalue weighted by atomic mass is 10.1. The molecule has 0 unspecified atom stereocenters. The number of esters is 1. The molecule has 1 heterocycles. The maximum Gasteiger partial charge on any atom is 0.343 e. The summed E-state index contributed by atoms with van der Waals surface area (Å²) in [5, 5.41) is 5.84. The Balaban J connectivity index is 1.92. The van der Waals surface area contributed by atoms with E-state index in [2.05, 4.69) is 9.84 Å². The van der Waals surface area contributed by atoms with Crippen molar-refractivity contribution in [3.63, 3.8) is 0 Å². The Labute approximate surface area is 178 Å². The molecule has 0 saturated heterocycles. The van der Waals surface area contributed by atoms with E-state index in [1.165, 1.54) is 19.2 Å². The monoisotopic (exact) mass is 430 g/mol. The Kier molecular flexibility index (Phi) is 6.71. The minimum Gasteiger partial charge on any atom is -0.476 e. The lowest BCUT2D eigenvalue weighted by Crippen LogP contribution is -2.21. The Hall–Kier alpha value is -3.36. The van der Waals surface area contributed by atoms with Crippen LogP contribution in [0.1, 0.15) is 12.5 Å². The number of methoxy groups -OCH3 is 1. The number of halogens is 1. The number of carbonyl (C=O) groups is 2. The summed E-state index contributed by atoms with van der Waals surface area (Å²) < 4.78 is 9.93. The smallest absolute Gasteiger partial charge is 0.343 e. The van der Waals surface area contributed by atoms with Gasteiger partial charge in [0, 0.05) is 0 Å². The van der Waals surface area contributed by atoms with Crippen molar-refractivity contribution in [1.82, 2.24) is 0 Å². The van der Waals surface area contributed by atoms with E-state index in [4.69, 9.17) is 26.1 Å². The second-order valence-electron chi connectivity index (χ2n) is 6.14. The molecule has 2 aromatic carbocycles. The lowest BCUT2D eigenvalue weighted by Gasteiger charge is -2.13. The van der Waals surface area contributed by atoms with Crippen LogP contribution >= 0.6 is 11.6 Å². The van der Waals surface area contributed by atoms with E-state index in [-0.39, 0.29) is 29.0 Å². The van der Waals surface area contributed by atoms with Gasteiger partial charge in [0.1, 0.15) is 0 Å². The number of hydrogen-bond donors (Lipinski definition) is 0. The van der Waals surface area contributed by atoms with Gasteiger partial charge in [0.05, 0.1) is 36.2 Å². The highest BCUT2D eigenvalue weighted by Gasteiger charge is 2.28. The molecule has 0 N–H and O–H groups in total. The van der Waals surface area contributed by atoms with Crippen LogP contribution in [0.3, 0.4) is 0 Å². The lowest BCUT2D eigenvalue weighted by molar-refractivity contribution is -0.179. The molecule has 2 aromatic rings. The summed E-state index contributed by atoms with van der Waals surface area (Å²) in [4.78, 5) is 34.1. The number of rotatable bonds is 7. The van der Waals surface area contributed by atoms with Gasteiger partial charge < -0.3 is 14.4 Å². The SMILES string of the molecule is COOc1cc(/C=C2\C(=O)N(c3ccccc3)N=C2C)cc(Cl)c1OCC(=O)OC. The zero-order valence-electron chi connectivity index (χ0n) is 16.5. The van der Waals surface area contributed by atoms with Gasteiger partial charge in [-0.15, -0.1) is 0 Å². The van der Waals surface area contributed by atoms with Crippen molar-refractivity contribution < 1.29 is 28.8 Å². The van der Waals surface area contributed by atoms with E-state index < -0.39 is 5.97 Å². The van der Waals surface area contributed by atoms with Crippen LogP contribution in [0.4, 0.5) is 5.69 Å². The normalized spacial score (nSPS) is 14.7. The molecule has 1 amide bonds. The number of benzene rings is 2. The first-order chi connectivity index (χ1) is 14.4. The van der Waals surface area contributed by atoms with Gasteiger partial charge in [0.2, 0.25) is 5.75 Å². The molecule has 1 aliphatic rings. The maximum absolute atomic E-state index is 12.9. The van der Waals surface area contributed by atoms with E-state index in [0.29, 0.717) is 22.5 Å². The maximum atomic E-state index is 12.9. The second-order valence-corrected chi connectivity index (χ2v) is 6.55. The summed E-state index contributed by atoms with van der Waals surface area (Å²) in [6.07, 6.45) is 1.64. The fourth-order valence-electron chi connectivity index (χ4n) is 2.75. The molecule has 0 spiro atoms. The van der Waals surface area contributed by atoms with Crippen LogP contribution in [0.25, 0.3) is 6.08 Å². The number of amides is 1. The van der Waals surface area contributed by atoms with Gasteiger partial charge in [0.15, 0.2) is 12.4 Å². The molecule has 9 heteroatoms. The number of anilines is 1. The van der Waals surface area contributed by atoms with E-state index in [1.807, 2.05) is 18.2 Å². The van der Waals surface area contributed by atoms with E-state index in [0.717, 1.165) is 0 Å². The highest BCUT2D eigenvalue weighted by atomic mass is 35.5. The number of ether oxygens (including phenoxy) is 2. The summed E-state index contributed by atoms with van der Waals surface area (Å²) >= 11 is 6.31. The van der Waals surface area contributed by atoms with Crippen molar-refractivity contribution in [2.75, 3.05) is 25.8 Å². The standard InChI is InChI=1S/C21H19ClN2O6/c1-13-16(21(26)24(23-13)15-7-5-4-6-8-15)9-14-10-17(22)20(18(11-14)30-28-3)29-12-19(25)27-2/h4-11H,12H2,1-3H3/b16-9-. The molecule has 8 nitrogen and oxygen atoms in total. The van der Waals surface area contributed by atoms with Gasteiger partial charge in [-0.3, -0.25) is 4.79 Å². The number of para-hydroxylation sites is 1. The third kappa shape index (κ3) is 4.61. The molecule has 0 radical (unpaired) electrons. The second kappa shape index (κ2) is 9.43. The number of nitrogens with zero attached hydrogens (tertiary/aromatic N) is 2. The molecular formula is C21H19ClN2O6. The molecule has 30 heavy (non-hydrogen) atoms. The van der Waals surface area contributed by atoms with Gasteiger partial charge in [0.25, 0.3) is 5.91 Å². The summed E-state index contributed by atoms with van der Waals surface area (Å²) in [7, 11) is 2.56. The molecule has 0 fully saturated rings. The summed E-state index contributed by atoms with van der Waals surface area (Å²) in [6, 6.07) is 12.3. The number of hydrogen-bond acceptors (Lipinski definition) is 7. The Morgan fingerprint density at radius 2 is 1.93 bits per heavy atom. The zero-order valence-corrected chi connectivity index (χ0v) is 17.3. The van der Waals surface area contributed by atoms with Crippen molar-refractivity contribution in [2.24, 2.45) is 5.10 Å². The Morgan fingerprint density at radius 1 is 1.20 bits per heavy atom. The highest BCUT2D eigenvalue weighted by Crippen LogP contribution is 2.38. The molecule has 1 aliphatic heterocycles. The molecule has 156 valence electrons. The fourth-order valence-corrected chi connectivity index (χ4v) is 3.02. The average Bonchev–Trinajstić information content (AvgIpc) is 3.02. The molecule has 0 aromatic heterocycles. The summed E-state index contributed by atoms with van der Waals surface area (Å²) in [6.45, 7) is 1.39. The topological polar surface area (TPSA) is 86.7 Å². The van der Waals surface area contributed by atoms with Crippen LogP contribution in [-0.4, -0.2) is 38.4 Å². The van der Waals surface area contributed by atoms with E-state index in [1.54, 1.807) is 37.3 Å². The molecular weight excluding hydrogens is 412 g/mol. The van der Waals surface area contributed by atoms with Gasteiger partial charge in [-0.1, -0.05) is 29.8 Å². The number of carbonyl (C=O) groups excluding carboxylic acids is 2. The first-order valence-corrected chi connectivity index (χ1v) is 9.23. The molecule has 0 atom stereocenters. The Morgan fingerprint density at radius 3 is 2.60 bits per heavy atom. The molecule has 0 bridgehead atoms. The van der Waals surface area contributed by atoms with E-state index in [9.17, 15) is 9.59 Å². The van der Waals surface area contributed by atoms with Gasteiger partial charge in [-0.25, -0.2) is 4.79 Å². The van der Waals surface area contributed by atoms with Gasteiger partial charge in [-0.2, -0.15) is 15.0 Å². The minimum absolute atomic E-state index is 0.111. The van der Waals surface area contributed by atoms with Crippen molar-refractivity contribution in [3.8, 4) is 11.5 Å². The predicted octanol–water partition coefficient (Wildman–Crippen LogP) is 3.64. The third-order valence-electron chi connectivity index (χ3n) is 4.14. The van der Waals surface area contributed by atoms with Crippen LogP contribution in [0.15, 0.2) is 53.1 Å². The van der Waals surface area contributed by atoms with Crippen LogP contribution in [0.5, 0.6) is 11.5 Å². The first kappa shape index (κ1) is 21.4. The van der Waals surface area contributed by atoms with Crippen molar-refractivity contribution in [2.45, 2.75) is 6.92 Å². The van der Waals surface area contributed by atoms with Gasteiger partial charge >= 0.3 is 5.97 Å². The van der Waals surface area contributed by atoms with Gasteiger partial charge in [-0.05, 0) is 42.8 Å². The van der Waals surface area contributed by atoms with Crippen molar-refractivity contribution in [3.05, 3.63) is 58.6 Å². The average molecular weight is 431 g/mol. The quantitative estimate of drug-likeness (QED) is 0.288. The predicted molar refractivity (Wildman–Crippen MR) is 112 cm³/mol. The molecule has 0 saturated carbocycles. The first-order valence-electron chi connectivity index (χ1n) is 8.85. The van der Waals surface area contributed by atoms with Crippen molar-refractivity contribution in [1.29, 1.82) is 0 Å². The van der Waals surface area contributed by atoms with Crippen LogP contribution in [-0.2, 0) is 19.2 Å². The summed E-state index contributed by atoms with van der Waals surface area (Å²) in [5.41, 5.74) is 2.19. The zero-order chi connectivity index (χ0) is 21.7. The van der Waals surface area contributed by atoms with Crippen LogP contribution in [0.2, 0.25) is 5.02 Å². The minimum atomic E-state index is -0.579. The molecule has 3 rings (SSSR count). The van der Waals surface area contributed by atoms with Crippen LogP contribution < -0.4 is 14.6 Å². The van der Waals surface area contributed by atoms with Crippen LogP contribution in [0, 0.1) is 0 Å². The number of hydrazone groups is 1. The summed E-state index contributed by atoms with van der Waals surface area (Å²) in [5.74, 6) is -0.596. The Bertz CT molecular complexity index is 1020. The largest absolute Gasteiger partial charge is 0.476 e. The fraction of sp³-hybridized carbons (Fsp3) is 0.190. The molecule has 0 aliphatic carbocycles. The highest BCUT2D eigenvalue weighted by molar-refractivity contribution is 6.33. The van der Waals surface area contributed by atoms with E-state index >= 15 is 0 Å². The third-order valence-corrected chi connectivity index (χ3v) is 4.42. The van der Waals surface area contributed by atoms with Crippen molar-refractivity contribution >= 4 is 41.0 Å².